The van der Waals surface area contributed by atoms with Crippen LogP contribution >= 0.6 is 0 Å². The number of benzene rings is 1. The lowest BCUT2D eigenvalue weighted by molar-refractivity contribution is 0.102. The minimum Gasteiger partial charge on any atom is -0.380 e. The minimum atomic E-state index is -1.64. The molecule has 0 spiro atoms. The molecule has 0 aliphatic heterocycles. The number of carbonyl (C=O) groups excluding carboxylic acids is 1. The van der Waals surface area contributed by atoms with Crippen LogP contribution < -0.4 is 10.6 Å². The standard InChI is InChI=1S/C16H16F3N3O/c1-16(2,3)22-9-6-7-20-12(8-9)15(23)21-11-5-4-10(17)13(18)14(11)19/h4-8H,1-3H3,(H,20,22)(H,21,23). The lowest BCUT2D eigenvalue weighted by Crippen LogP contribution is -2.26. The van der Waals surface area contributed by atoms with Crippen LogP contribution in [0.1, 0.15) is 31.3 Å². The van der Waals surface area contributed by atoms with E-state index in [1.54, 1.807) is 6.07 Å². The predicted octanol–water partition coefficient (Wildman–Crippen LogP) is 3.96. The van der Waals surface area contributed by atoms with Gasteiger partial charge in [-0.2, -0.15) is 0 Å². The number of carbonyl (C=O) groups is 1. The SMILES string of the molecule is CC(C)(C)Nc1ccnc(C(=O)Nc2ccc(F)c(F)c2F)c1. The maximum Gasteiger partial charge on any atom is 0.274 e. The molecule has 1 amide bonds. The molecule has 0 fully saturated rings. The highest BCUT2D eigenvalue weighted by Gasteiger charge is 2.17. The van der Waals surface area contributed by atoms with E-state index in [9.17, 15) is 18.0 Å². The van der Waals surface area contributed by atoms with Gasteiger partial charge in [0.2, 0.25) is 0 Å². The van der Waals surface area contributed by atoms with E-state index >= 15 is 0 Å². The Kier molecular flexibility index (Phi) is 4.58. The largest absolute Gasteiger partial charge is 0.380 e. The third-order valence-electron chi connectivity index (χ3n) is 2.80. The molecule has 1 aromatic carbocycles. The van der Waals surface area contributed by atoms with Crippen molar-refractivity contribution in [2.75, 3.05) is 10.6 Å². The van der Waals surface area contributed by atoms with Crippen molar-refractivity contribution in [1.29, 1.82) is 0 Å². The quantitative estimate of drug-likeness (QED) is 0.841. The Morgan fingerprint density at radius 1 is 1.09 bits per heavy atom. The van der Waals surface area contributed by atoms with Crippen molar-refractivity contribution in [3.05, 3.63) is 53.6 Å². The number of hydrogen-bond acceptors (Lipinski definition) is 3. The van der Waals surface area contributed by atoms with Gasteiger partial charge in [-0.05, 0) is 45.0 Å². The van der Waals surface area contributed by atoms with Gasteiger partial charge in [-0.3, -0.25) is 9.78 Å². The van der Waals surface area contributed by atoms with Gasteiger partial charge in [-0.25, -0.2) is 13.2 Å². The van der Waals surface area contributed by atoms with Crippen LogP contribution in [0.4, 0.5) is 24.5 Å². The number of nitrogens with one attached hydrogen (secondary N) is 2. The summed E-state index contributed by atoms with van der Waals surface area (Å²) in [7, 11) is 0. The Morgan fingerprint density at radius 2 is 1.78 bits per heavy atom. The summed E-state index contributed by atoms with van der Waals surface area (Å²) in [6.45, 7) is 5.84. The van der Waals surface area contributed by atoms with Crippen molar-refractivity contribution in [2.45, 2.75) is 26.3 Å². The summed E-state index contributed by atoms with van der Waals surface area (Å²) in [5.41, 5.74) is -0.00180. The van der Waals surface area contributed by atoms with Crippen molar-refractivity contribution in [1.82, 2.24) is 4.98 Å². The normalized spacial score (nSPS) is 11.2. The fraction of sp³-hybridized carbons (Fsp3) is 0.250. The first kappa shape index (κ1) is 16.8. The lowest BCUT2D eigenvalue weighted by Gasteiger charge is -2.22. The summed E-state index contributed by atoms with van der Waals surface area (Å²) in [6, 6.07) is 4.85. The number of anilines is 2. The number of rotatable bonds is 3. The molecule has 2 aromatic rings. The summed E-state index contributed by atoms with van der Waals surface area (Å²) in [4.78, 5) is 16.0. The number of pyridine rings is 1. The van der Waals surface area contributed by atoms with Gasteiger partial charge < -0.3 is 10.6 Å². The highest BCUT2D eigenvalue weighted by atomic mass is 19.2. The van der Waals surface area contributed by atoms with Crippen LogP contribution in [0.25, 0.3) is 0 Å². The Labute approximate surface area is 131 Å². The molecular weight excluding hydrogens is 307 g/mol. The van der Waals surface area contributed by atoms with Gasteiger partial charge in [0.1, 0.15) is 5.69 Å². The van der Waals surface area contributed by atoms with Gasteiger partial charge in [0, 0.05) is 17.4 Å². The molecule has 2 rings (SSSR count). The highest BCUT2D eigenvalue weighted by Crippen LogP contribution is 2.21. The molecule has 0 aliphatic carbocycles. The van der Waals surface area contributed by atoms with Gasteiger partial charge in [0.25, 0.3) is 5.91 Å². The molecule has 0 saturated carbocycles. The van der Waals surface area contributed by atoms with E-state index in [0.29, 0.717) is 5.69 Å². The zero-order chi connectivity index (χ0) is 17.2. The van der Waals surface area contributed by atoms with Crippen LogP contribution in [0.3, 0.4) is 0 Å². The van der Waals surface area contributed by atoms with Gasteiger partial charge in [-0.1, -0.05) is 0 Å². The van der Waals surface area contributed by atoms with E-state index in [2.05, 4.69) is 15.6 Å². The Balaban J connectivity index is 2.22. The number of nitrogens with zero attached hydrogens (tertiary/aromatic N) is 1. The van der Waals surface area contributed by atoms with Crippen molar-refractivity contribution >= 4 is 17.3 Å². The van der Waals surface area contributed by atoms with E-state index in [-0.39, 0.29) is 11.2 Å². The van der Waals surface area contributed by atoms with Crippen molar-refractivity contribution < 1.29 is 18.0 Å². The second kappa shape index (κ2) is 6.28. The molecule has 4 nitrogen and oxygen atoms in total. The Hall–Kier alpha value is -2.57. The first-order valence-electron chi connectivity index (χ1n) is 6.86. The molecule has 1 aromatic heterocycles. The fourth-order valence-corrected chi connectivity index (χ4v) is 1.87. The van der Waals surface area contributed by atoms with Gasteiger partial charge >= 0.3 is 0 Å². The molecule has 2 N–H and O–H groups in total. The Morgan fingerprint density at radius 3 is 2.43 bits per heavy atom. The third-order valence-corrected chi connectivity index (χ3v) is 2.80. The molecule has 1 heterocycles. The van der Waals surface area contributed by atoms with Crippen LogP contribution in [-0.4, -0.2) is 16.4 Å². The monoisotopic (exact) mass is 323 g/mol. The van der Waals surface area contributed by atoms with E-state index in [0.717, 1.165) is 12.1 Å². The molecule has 122 valence electrons. The summed E-state index contributed by atoms with van der Waals surface area (Å²) < 4.78 is 39.6. The van der Waals surface area contributed by atoms with E-state index in [1.807, 2.05) is 20.8 Å². The second-order valence-corrected chi connectivity index (χ2v) is 5.98. The predicted molar refractivity (Wildman–Crippen MR) is 81.9 cm³/mol. The minimum absolute atomic E-state index is 0.0170. The molecule has 0 unspecified atom stereocenters. The Bertz CT molecular complexity index is 742. The van der Waals surface area contributed by atoms with Crippen LogP contribution in [0, 0.1) is 17.5 Å². The van der Waals surface area contributed by atoms with Gasteiger partial charge in [0.05, 0.1) is 5.69 Å². The number of halogens is 3. The molecule has 7 heteroatoms. The zero-order valence-electron chi connectivity index (χ0n) is 12.9. The van der Waals surface area contributed by atoms with Crippen molar-refractivity contribution in [3.8, 4) is 0 Å². The maximum atomic E-state index is 13.6. The van der Waals surface area contributed by atoms with Gasteiger partial charge in [-0.15, -0.1) is 0 Å². The summed E-state index contributed by atoms with van der Waals surface area (Å²) in [6.07, 6.45) is 1.42. The molecule has 0 bridgehead atoms. The molecular formula is C16H16F3N3O. The lowest BCUT2D eigenvalue weighted by atomic mass is 10.1. The molecule has 23 heavy (non-hydrogen) atoms. The fourth-order valence-electron chi connectivity index (χ4n) is 1.87. The average Bonchev–Trinajstić information content (AvgIpc) is 2.46. The smallest absolute Gasteiger partial charge is 0.274 e. The van der Waals surface area contributed by atoms with Crippen LogP contribution in [-0.2, 0) is 0 Å². The van der Waals surface area contributed by atoms with Crippen LogP contribution in [0.2, 0.25) is 0 Å². The highest BCUT2D eigenvalue weighted by molar-refractivity contribution is 6.03. The summed E-state index contributed by atoms with van der Waals surface area (Å²) in [5, 5.41) is 5.34. The molecule has 0 radical (unpaired) electrons. The number of hydrogen-bond donors (Lipinski definition) is 2. The van der Waals surface area contributed by atoms with E-state index in [1.165, 1.54) is 12.3 Å². The van der Waals surface area contributed by atoms with Gasteiger partial charge in [0.15, 0.2) is 17.5 Å². The second-order valence-electron chi connectivity index (χ2n) is 5.98. The molecule has 0 saturated heterocycles. The first-order chi connectivity index (χ1) is 10.7. The summed E-state index contributed by atoms with van der Waals surface area (Å²) in [5.74, 6) is -5.15. The average molecular weight is 323 g/mol. The topological polar surface area (TPSA) is 54.0 Å². The van der Waals surface area contributed by atoms with E-state index < -0.39 is 29.0 Å². The molecule has 0 aliphatic rings. The van der Waals surface area contributed by atoms with Crippen molar-refractivity contribution in [3.63, 3.8) is 0 Å². The van der Waals surface area contributed by atoms with Crippen molar-refractivity contribution in [2.24, 2.45) is 0 Å². The maximum absolute atomic E-state index is 13.6. The van der Waals surface area contributed by atoms with E-state index in [4.69, 9.17) is 0 Å². The molecule has 0 atom stereocenters. The van der Waals surface area contributed by atoms with Crippen LogP contribution in [0.15, 0.2) is 30.5 Å². The van der Waals surface area contributed by atoms with Crippen LogP contribution in [0.5, 0.6) is 0 Å². The summed E-state index contributed by atoms with van der Waals surface area (Å²) >= 11 is 0. The first-order valence-corrected chi connectivity index (χ1v) is 6.86. The number of aromatic nitrogens is 1. The zero-order valence-corrected chi connectivity index (χ0v) is 12.9. The number of amides is 1. The third kappa shape index (κ3) is 4.21.